The molecule has 0 saturated heterocycles. The second-order valence-corrected chi connectivity index (χ2v) is 15.8. The van der Waals surface area contributed by atoms with E-state index in [1.807, 2.05) is 135 Å². The third kappa shape index (κ3) is 9.07. The monoisotopic (exact) mass is 781 g/mol. The Balaban J connectivity index is 1.28. The number of ether oxygens (including phenoxy) is 1. The van der Waals surface area contributed by atoms with Crippen LogP contribution in [0.3, 0.4) is 0 Å². The van der Waals surface area contributed by atoms with E-state index in [4.69, 9.17) is 15.0 Å². The molecule has 6 aromatic carbocycles. The Morgan fingerprint density at radius 2 is 1.15 bits per heavy atom. The summed E-state index contributed by atoms with van der Waals surface area (Å²) in [5.41, 5.74) is 6.07. The Morgan fingerprint density at radius 1 is 0.644 bits per heavy atom. The van der Waals surface area contributed by atoms with E-state index < -0.39 is 23.2 Å². The Bertz CT molecular complexity index is 2330. The van der Waals surface area contributed by atoms with Crippen LogP contribution in [0.1, 0.15) is 74.8 Å². The summed E-state index contributed by atoms with van der Waals surface area (Å²) in [7, 11) is 0. The molecule has 0 aliphatic carbocycles. The number of aromatic nitrogens is 4. The standard InChI is InChI=1S/C51H51N5O3/c1-5-6-31-47(57)55(46(49(58)59-50(2,3)4)36-38-21-11-7-12-22-38)37-39-32-34-40(35-33-39)44-29-19-20-30-45(44)48-52-53-54-56(48)51(41-23-13-8-14-24-41,42-25-15-9-16-26-42)43-27-17-10-18-28-43/h7-30,32-35,46H,5-6,31,36-37H2,1-4H3/t46-/m0/s1. The third-order valence-corrected chi connectivity index (χ3v) is 10.5. The first kappa shape index (κ1) is 40.5. The smallest absolute Gasteiger partial charge is 0.329 e. The molecule has 8 nitrogen and oxygen atoms in total. The van der Waals surface area contributed by atoms with Crippen molar-refractivity contribution >= 4 is 11.9 Å². The molecule has 1 heterocycles. The van der Waals surface area contributed by atoms with Gasteiger partial charge in [-0.25, -0.2) is 9.48 Å². The van der Waals surface area contributed by atoms with Gasteiger partial charge in [-0.1, -0.05) is 183 Å². The van der Waals surface area contributed by atoms with E-state index in [-0.39, 0.29) is 12.5 Å². The molecular formula is C51H51N5O3. The minimum Gasteiger partial charge on any atom is -0.458 e. The second kappa shape index (κ2) is 18.3. The normalized spacial score (nSPS) is 12.1. The number of carbonyl (C=O) groups is 2. The van der Waals surface area contributed by atoms with Gasteiger partial charge in [0, 0.05) is 24.9 Å². The SMILES string of the molecule is CCCCC(=O)N(Cc1ccc(-c2ccccc2-c2nnnn2C(c2ccccc2)(c2ccccc2)c2ccccc2)cc1)[C@@H](Cc1ccccc1)C(=O)OC(C)(C)C. The molecule has 0 aliphatic rings. The molecule has 0 fully saturated rings. The summed E-state index contributed by atoms with van der Waals surface area (Å²) in [6, 6.07) is 56.5. The Kier molecular flexibility index (Phi) is 12.6. The van der Waals surface area contributed by atoms with Gasteiger partial charge in [0.05, 0.1) is 0 Å². The Morgan fingerprint density at radius 3 is 1.68 bits per heavy atom. The number of benzene rings is 6. The molecule has 7 rings (SSSR count). The first-order valence-electron chi connectivity index (χ1n) is 20.4. The number of esters is 1. The number of amides is 1. The lowest BCUT2D eigenvalue weighted by molar-refractivity contribution is -0.165. The molecule has 0 bridgehead atoms. The lowest BCUT2D eigenvalue weighted by atomic mass is 9.77. The average Bonchev–Trinajstić information content (AvgIpc) is 3.75. The van der Waals surface area contributed by atoms with E-state index in [2.05, 4.69) is 72.8 Å². The van der Waals surface area contributed by atoms with Crippen LogP contribution in [-0.4, -0.2) is 48.6 Å². The van der Waals surface area contributed by atoms with Crippen LogP contribution in [0.5, 0.6) is 0 Å². The highest BCUT2D eigenvalue weighted by atomic mass is 16.6. The second-order valence-electron chi connectivity index (χ2n) is 15.8. The van der Waals surface area contributed by atoms with Crippen LogP contribution in [-0.2, 0) is 32.8 Å². The summed E-state index contributed by atoms with van der Waals surface area (Å²) in [6.07, 6.45) is 2.30. The molecule has 7 aromatic rings. The molecule has 0 radical (unpaired) electrons. The van der Waals surface area contributed by atoms with Gasteiger partial charge < -0.3 is 9.64 Å². The summed E-state index contributed by atoms with van der Waals surface area (Å²) in [5.74, 6) is 0.126. The average molecular weight is 782 g/mol. The Labute approximate surface area is 347 Å². The predicted molar refractivity (Wildman–Crippen MR) is 233 cm³/mol. The maximum Gasteiger partial charge on any atom is 0.329 e. The summed E-state index contributed by atoms with van der Waals surface area (Å²) in [6.45, 7) is 7.88. The van der Waals surface area contributed by atoms with Crippen molar-refractivity contribution < 1.29 is 14.3 Å². The number of nitrogens with zero attached hydrogens (tertiary/aromatic N) is 5. The van der Waals surface area contributed by atoms with Crippen molar-refractivity contribution in [1.29, 1.82) is 0 Å². The van der Waals surface area contributed by atoms with Gasteiger partial charge in [0.15, 0.2) is 5.82 Å². The quantitative estimate of drug-likeness (QED) is 0.0760. The minimum atomic E-state index is -0.905. The van der Waals surface area contributed by atoms with Gasteiger partial charge in [-0.05, 0) is 76.6 Å². The molecular weight excluding hydrogens is 731 g/mol. The molecule has 298 valence electrons. The predicted octanol–water partition coefficient (Wildman–Crippen LogP) is 10.3. The van der Waals surface area contributed by atoms with E-state index in [1.54, 1.807) is 4.90 Å². The van der Waals surface area contributed by atoms with Crippen molar-refractivity contribution in [2.24, 2.45) is 0 Å². The lowest BCUT2D eigenvalue weighted by Gasteiger charge is -2.36. The highest BCUT2D eigenvalue weighted by Crippen LogP contribution is 2.43. The molecule has 59 heavy (non-hydrogen) atoms. The number of tetrazole rings is 1. The van der Waals surface area contributed by atoms with E-state index >= 15 is 0 Å². The summed E-state index contributed by atoms with van der Waals surface area (Å²) in [5, 5.41) is 13.8. The van der Waals surface area contributed by atoms with Gasteiger partial charge in [-0.3, -0.25) is 4.79 Å². The highest BCUT2D eigenvalue weighted by molar-refractivity contribution is 5.85. The highest BCUT2D eigenvalue weighted by Gasteiger charge is 2.42. The summed E-state index contributed by atoms with van der Waals surface area (Å²) < 4.78 is 7.89. The molecule has 8 heteroatoms. The van der Waals surface area contributed by atoms with Crippen LogP contribution in [0.4, 0.5) is 0 Å². The molecule has 0 spiro atoms. The van der Waals surface area contributed by atoms with E-state index in [0.717, 1.165) is 57.3 Å². The van der Waals surface area contributed by atoms with Gasteiger partial charge in [-0.15, -0.1) is 5.10 Å². The number of unbranched alkanes of at least 4 members (excludes halogenated alkanes) is 1. The maximum absolute atomic E-state index is 14.0. The van der Waals surface area contributed by atoms with Gasteiger partial charge in [0.2, 0.25) is 5.91 Å². The fraction of sp³-hybridized carbons (Fsp3) is 0.235. The molecule has 1 atom stereocenters. The van der Waals surface area contributed by atoms with Gasteiger partial charge in [-0.2, -0.15) is 0 Å². The number of hydrogen-bond donors (Lipinski definition) is 0. The lowest BCUT2D eigenvalue weighted by Crippen LogP contribution is -2.48. The van der Waals surface area contributed by atoms with Crippen molar-refractivity contribution in [2.75, 3.05) is 0 Å². The van der Waals surface area contributed by atoms with Crippen molar-refractivity contribution in [3.63, 3.8) is 0 Å². The van der Waals surface area contributed by atoms with E-state index in [0.29, 0.717) is 18.7 Å². The number of carbonyl (C=O) groups excluding carboxylic acids is 2. The van der Waals surface area contributed by atoms with Crippen molar-refractivity contribution in [2.45, 2.75) is 77.1 Å². The Hall–Kier alpha value is -6.67. The fourth-order valence-electron chi connectivity index (χ4n) is 7.77. The van der Waals surface area contributed by atoms with E-state index in [9.17, 15) is 9.59 Å². The molecule has 0 unspecified atom stereocenters. The summed E-state index contributed by atoms with van der Waals surface area (Å²) in [4.78, 5) is 29.6. The first-order valence-corrected chi connectivity index (χ1v) is 20.4. The zero-order valence-electron chi connectivity index (χ0n) is 34.2. The van der Waals surface area contributed by atoms with Gasteiger partial charge >= 0.3 is 5.97 Å². The molecule has 1 aromatic heterocycles. The van der Waals surface area contributed by atoms with Crippen LogP contribution in [0.25, 0.3) is 22.5 Å². The van der Waals surface area contributed by atoms with Crippen molar-refractivity contribution in [3.05, 3.63) is 198 Å². The third-order valence-electron chi connectivity index (χ3n) is 10.5. The van der Waals surface area contributed by atoms with Gasteiger partial charge in [0.1, 0.15) is 17.2 Å². The van der Waals surface area contributed by atoms with Crippen LogP contribution in [0, 0.1) is 0 Å². The molecule has 0 N–H and O–H groups in total. The largest absolute Gasteiger partial charge is 0.458 e. The van der Waals surface area contributed by atoms with E-state index in [1.165, 1.54) is 0 Å². The van der Waals surface area contributed by atoms with Crippen LogP contribution in [0.15, 0.2) is 170 Å². The molecule has 0 saturated carbocycles. The van der Waals surface area contributed by atoms with Crippen molar-refractivity contribution in [1.82, 2.24) is 25.1 Å². The minimum absolute atomic E-state index is 0.0707. The number of rotatable bonds is 15. The molecule has 0 aliphatic heterocycles. The maximum atomic E-state index is 14.0. The summed E-state index contributed by atoms with van der Waals surface area (Å²) >= 11 is 0. The fourth-order valence-corrected chi connectivity index (χ4v) is 7.77. The van der Waals surface area contributed by atoms with Crippen molar-refractivity contribution in [3.8, 4) is 22.5 Å². The van der Waals surface area contributed by atoms with Crippen LogP contribution >= 0.6 is 0 Å². The zero-order valence-corrected chi connectivity index (χ0v) is 34.2. The van der Waals surface area contributed by atoms with Gasteiger partial charge in [0.25, 0.3) is 0 Å². The topological polar surface area (TPSA) is 90.2 Å². The van der Waals surface area contributed by atoms with Crippen LogP contribution < -0.4 is 0 Å². The number of hydrogen-bond acceptors (Lipinski definition) is 6. The zero-order chi connectivity index (χ0) is 41.2. The molecule has 1 amide bonds. The van der Waals surface area contributed by atoms with Crippen LogP contribution in [0.2, 0.25) is 0 Å². The first-order chi connectivity index (χ1) is 28.7.